The number of aromatic nitrogens is 2. The summed E-state index contributed by atoms with van der Waals surface area (Å²) in [6.45, 7) is 0.299. The van der Waals surface area contributed by atoms with Crippen LogP contribution in [0.15, 0.2) is 48.5 Å². The molecule has 0 bridgehead atoms. The minimum Gasteiger partial charge on any atom is -0.378 e. The molecule has 3 aromatic rings. The molecule has 5 nitrogen and oxygen atoms in total. The monoisotopic (exact) mass is 528 g/mol. The number of likely N-dealkylation sites (N-methyl/N-ethyl adjacent to an activating group) is 1. The zero-order valence-electron chi connectivity index (χ0n) is 20.2. The smallest absolute Gasteiger partial charge is 0.127 e. The fourth-order valence-corrected chi connectivity index (χ4v) is 5.21. The van der Waals surface area contributed by atoms with E-state index in [1.165, 1.54) is 12.8 Å². The van der Waals surface area contributed by atoms with Gasteiger partial charge in [-0.25, -0.2) is 9.97 Å². The van der Waals surface area contributed by atoms with Crippen molar-refractivity contribution in [1.29, 1.82) is 0 Å². The Kier molecular flexibility index (Phi) is 8.73. The van der Waals surface area contributed by atoms with Gasteiger partial charge in [0.1, 0.15) is 10.7 Å². The van der Waals surface area contributed by atoms with Gasteiger partial charge in [-0.15, -0.1) is 0 Å². The van der Waals surface area contributed by atoms with E-state index in [9.17, 15) is 0 Å². The van der Waals surface area contributed by atoms with Gasteiger partial charge in [0.2, 0.25) is 0 Å². The third-order valence-electron chi connectivity index (χ3n) is 6.41. The minimum absolute atomic E-state index is 0.262. The Balaban J connectivity index is 1.80. The number of benzene rings is 2. The van der Waals surface area contributed by atoms with Gasteiger partial charge in [-0.3, -0.25) is 0 Å². The predicted octanol–water partition coefficient (Wildman–Crippen LogP) is 6.40. The molecule has 8 heteroatoms. The maximum atomic E-state index is 6.17. The molecule has 0 radical (unpaired) electrons. The van der Waals surface area contributed by atoms with E-state index in [1.54, 1.807) is 7.11 Å². The van der Waals surface area contributed by atoms with Gasteiger partial charge in [0.05, 0.1) is 23.7 Å². The van der Waals surface area contributed by atoms with Crippen molar-refractivity contribution in [2.45, 2.75) is 44.4 Å². The first-order valence-corrected chi connectivity index (χ1v) is 12.9. The Hall–Kier alpha value is -2.09. The van der Waals surface area contributed by atoms with Crippen LogP contribution in [0.1, 0.15) is 37.1 Å². The second-order valence-electron chi connectivity index (χ2n) is 9.06. The summed E-state index contributed by atoms with van der Waals surface area (Å²) in [4.78, 5) is 13.0. The Bertz CT molecular complexity index is 1170. The quantitative estimate of drug-likeness (QED) is 0.358. The highest BCUT2D eigenvalue weighted by atomic mass is 35.5. The van der Waals surface area contributed by atoms with Gasteiger partial charge >= 0.3 is 0 Å². The molecular weight excluding hydrogens is 499 g/mol. The summed E-state index contributed by atoms with van der Waals surface area (Å²) in [5, 5.41) is 4.94. The van der Waals surface area contributed by atoms with Crippen LogP contribution in [-0.2, 0) is 11.3 Å². The Morgan fingerprint density at radius 1 is 0.943 bits per heavy atom. The summed E-state index contributed by atoms with van der Waals surface area (Å²) in [6.07, 6.45) is 4.64. The molecule has 2 unspecified atom stereocenters. The number of nitrogens with zero attached hydrogens (tertiary/aromatic N) is 3. The molecule has 4 rings (SSSR count). The molecule has 0 spiro atoms. The summed E-state index contributed by atoms with van der Waals surface area (Å²) < 4.78 is 5.50. The van der Waals surface area contributed by atoms with Crippen molar-refractivity contribution < 1.29 is 4.74 Å². The maximum Gasteiger partial charge on any atom is 0.127 e. The van der Waals surface area contributed by atoms with Crippen LogP contribution < -0.4 is 5.32 Å². The van der Waals surface area contributed by atoms with Crippen molar-refractivity contribution >= 4 is 40.4 Å². The van der Waals surface area contributed by atoms with Crippen molar-refractivity contribution in [3.8, 4) is 22.5 Å². The summed E-state index contributed by atoms with van der Waals surface area (Å²) >= 11 is 18.2. The van der Waals surface area contributed by atoms with E-state index < -0.39 is 0 Å². The molecule has 1 saturated carbocycles. The lowest BCUT2D eigenvalue weighted by atomic mass is 9.89. The van der Waals surface area contributed by atoms with Crippen LogP contribution in [-0.4, -0.2) is 53.1 Å². The molecule has 1 N–H and O–H groups in total. The number of hydrogen-bond donors (Lipinski definition) is 1. The van der Waals surface area contributed by atoms with E-state index in [2.05, 4.69) is 24.3 Å². The first-order valence-electron chi connectivity index (χ1n) is 11.8. The summed E-state index contributed by atoms with van der Waals surface area (Å²) in [6, 6.07) is 15.9. The van der Waals surface area contributed by atoms with E-state index in [4.69, 9.17) is 50.1 Å². The summed E-state index contributed by atoms with van der Waals surface area (Å²) in [7, 11) is 5.91. The second kappa shape index (κ2) is 11.8. The Morgan fingerprint density at radius 3 is 2.03 bits per heavy atom. The second-order valence-corrected chi connectivity index (χ2v) is 10.3. The molecule has 1 fully saturated rings. The van der Waals surface area contributed by atoms with Gasteiger partial charge in [-0.1, -0.05) is 72.5 Å². The van der Waals surface area contributed by atoms with E-state index >= 15 is 0 Å². The average Bonchev–Trinajstić information content (AvgIpc) is 2.85. The molecule has 35 heavy (non-hydrogen) atoms. The van der Waals surface area contributed by atoms with Gasteiger partial charge < -0.3 is 15.0 Å². The van der Waals surface area contributed by atoms with Gasteiger partial charge in [0, 0.05) is 40.4 Å². The number of methoxy groups -OCH3 is 1. The lowest BCUT2D eigenvalue weighted by Crippen LogP contribution is -2.51. The lowest BCUT2D eigenvalue weighted by Gasteiger charge is -2.37. The highest BCUT2D eigenvalue weighted by molar-refractivity contribution is 7.80. The van der Waals surface area contributed by atoms with E-state index in [-0.39, 0.29) is 6.04 Å². The van der Waals surface area contributed by atoms with Crippen LogP contribution in [0.4, 0.5) is 0 Å². The molecule has 0 amide bonds. The van der Waals surface area contributed by atoms with E-state index in [1.807, 2.05) is 48.5 Å². The molecule has 0 aliphatic heterocycles. The number of halogens is 2. The van der Waals surface area contributed by atoms with Crippen LogP contribution >= 0.6 is 35.4 Å². The molecule has 0 saturated heterocycles. The Labute approximate surface area is 222 Å². The van der Waals surface area contributed by atoms with Crippen LogP contribution in [0.3, 0.4) is 0 Å². The standard InChI is InChI=1S/C27H30Cl2N4OS/c1-33(2)23-7-5-4-6-21(23)31-27(35)26-22(16-34-3)30-24(17-8-12-19(28)13-9-17)25(32-26)18-10-14-20(29)15-11-18/h8-15,21,23H,4-7,16H2,1-3H3,(H,31,35). The molecule has 1 heterocycles. The largest absolute Gasteiger partial charge is 0.378 e. The highest BCUT2D eigenvalue weighted by Crippen LogP contribution is 2.32. The third kappa shape index (κ3) is 6.19. The van der Waals surface area contributed by atoms with E-state index in [0.29, 0.717) is 39.1 Å². The van der Waals surface area contributed by atoms with Crippen molar-refractivity contribution in [2.75, 3.05) is 21.2 Å². The molecule has 2 aromatic carbocycles. The number of ether oxygens (including phenoxy) is 1. The number of nitrogens with one attached hydrogen (secondary N) is 1. The molecule has 1 aromatic heterocycles. The summed E-state index contributed by atoms with van der Waals surface area (Å²) in [5.74, 6) is 0. The fraction of sp³-hybridized carbons (Fsp3) is 0.370. The zero-order chi connectivity index (χ0) is 24.9. The van der Waals surface area contributed by atoms with Gasteiger partial charge in [0.25, 0.3) is 0 Å². The van der Waals surface area contributed by atoms with Crippen molar-refractivity contribution in [1.82, 2.24) is 20.2 Å². The molecular formula is C27H30Cl2N4OS. The lowest BCUT2D eigenvalue weighted by molar-refractivity contribution is 0.180. The number of thiocarbonyl (C=S) groups is 1. The minimum atomic E-state index is 0.262. The Morgan fingerprint density at radius 2 is 1.49 bits per heavy atom. The van der Waals surface area contributed by atoms with Gasteiger partial charge in [0.15, 0.2) is 0 Å². The predicted molar refractivity (Wildman–Crippen MR) is 148 cm³/mol. The molecule has 184 valence electrons. The van der Waals surface area contributed by atoms with E-state index in [0.717, 1.165) is 35.4 Å². The topological polar surface area (TPSA) is 50.3 Å². The molecule has 2 atom stereocenters. The zero-order valence-corrected chi connectivity index (χ0v) is 22.6. The number of rotatable bonds is 7. The van der Waals surface area contributed by atoms with Gasteiger partial charge in [-0.05, 0) is 51.2 Å². The van der Waals surface area contributed by atoms with Crippen LogP contribution in [0.2, 0.25) is 10.0 Å². The van der Waals surface area contributed by atoms with Crippen molar-refractivity contribution in [2.24, 2.45) is 0 Å². The average molecular weight is 530 g/mol. The highest BCUT2D eigenvalue weighted by Gasteiger charge is 2.29. The maximum absolute atomic E-state index is 6.17. The molecule has 1 aliphatic carbocycles. The van der Waals surface area contributed by atoms with Crippen LogP contribution in [0.25, 0.3) is 22.5 Å². The number of hydrogen-bond acceptors (Lipinski definition) is 5. The first kappa shape index (κ1) is 26.0. The normalized spacial score (nSPS) is 18.0. The third-order valence-corrected chi connectivity index (χ3v) is 7.22. The van der Waals surface area contributed by atoms with Crippen molar-refractivity contribution in [3.05, 3.63) is 70.0 Å². The van der Waals surface area contributed by atoms with Gasteiger partial charge in [-0.2, -0.15) is 0 Å². The first-order chi connectivity index (χ1) is 16.9. The molecule has 1 aliphatic rings. The van der Waals surface area contributed by atoms with Crippen molar-refractivity contribution in [3.63, 3.8) is 0 Å². The SMILES string of the molecule is COCc1nc(-c2ccc(Cl)cc2)c(-c2ccc(Cl)cc2)nc1C(=S)NC1CCCCC1N(C)C. The summed E-state index contributed by atoms with van der Waals surface area (Å²) in [5.41, 5.74) is 4.64. The fourth-order valence-electron chi connectivity index (χ4n) is 4.64. The van der Waals surface area contributed by atoms with Crippen LogP contribution in [0, 0.1) is 0 Å². The van der Waals surface area contributed by atoms with Crippen LogP contribution in [0.5, 0.6) is 0 Å².